The van der Waals surface area contributed by atoms with Gasteiger partial charge in [0.15, 0.2) is 0 Å². The predicted octanol–water partition coefficient (Wildman–Crippen LogP) is 1.45. The molecular weight excluding hydrogens is 280 g/mol. The maximum Gasteiger partial charge on any atom is 0.250 e. The molecule has 0 spiro atoms. The summed E-state index contributed by atoms with van der Waals surface area (Å²) < 4.78 is 26.5. The Bertz CT molecular complexity index is 414. The third-order valence-electron chi connectivity index (χ3n) is 2.77. The first-order valence-corrected chi connectivity index (χ1v) is 7.78. The minimum absolute atomic E-state index is 0. The van der Waals surface area contributed by atoms with Crippen molar-refractivity contribution in [2.24, 2.45) is 5.92 Å². The van der Waals surface area contributed by atoms with Crippen LogP contribution < -0.4 is 10.0 Å². The van der Waals surface area contributed by atoms with Crippen molar-refractivity contribution >= 4 is 33.8 Å². The molecule has 0 amide bonds. The number of hydrogen-bond acceptors (Lipinski definition) is 4. The molecule has 1 atom stereocenters. The molecule has 2 rings (SSSR count). The van der Waals surface area contributed by atoms with Crippen LogP contribution >= 0.6 is 23.7 Å². The quantitative estimate of drug-likeness (QED) is 0.865. The van der Waals surface area contributed by atoms with E-state index >= 15 is 0 Å². The maximum atomic E-state index is 11.8. The van der Waals surface area contributed by atoms with Gasteiger partial charge in [-0.15, -0.1) is 23.7 Å². The third-order valence-corrected chi connectivity index (χ3v) is 5.63. The van der Waals surface area contributed by atoms with E-state index in [1.165, 1.54) is 11.3 Å². The van der Waals surface area contributed by atoms with Crippen molar-refractivity contribution in [1.29, 1.82) is 0 Å². The molecule has 1 aromatic rings. The van der Waals surface area contributed by atoms with Crippen LogP contribution in [-0.2, 0) is 10.0 Å². The van der Waals surface area contributed by atoms with E-state index in [0.29, 0.717) is 16.7 Å². The van der Waals surface area contributed by atoms with Crippen LogP contribution in [0.4, 0.5) is 0 Å². The summed E-state index contributed by atoms with van der Waals surface area (Å²) in [6, 6.07) is 3.38. The standard InChI is InChI=1S/C10H16N2O2S2.ClH/c13-16(14,10-2-1-7-15-10)12-6-4-9-3-5-11-8-9;/h1-2,7,9,11-12H,3-6,8H2;1H. The highest BCUT2D eigenvalue weighted by molar-refractivity contribution is 7.91. The monoisotopic (exact) mass is 296 g/mol. The topological polar surface area (TPSA) is 58.2 Å². The van der Waals surface area contributed by atoms with Crippen molar-refractivity contribution in [3.05, 3.63) is 17.5 Å². The van der Waals surface area contributed by atoms with Crippen molar-refractivity contribution in [2.45, 2.75) is 17.1 Å². The summed E-state index contributed by atoms with van der Waals surface area (Å²) in [7, 11) is -3.26. The summed E-state index contributed by atoms with van der Waals surface area (Å²) in [5.74, 6) is 0.617. The highest BCUT2D eigenvalue weighted by atomic mass is 35.5. The lowest BCUT2D eigenvalue weighted by molar-refractivity contribution is 0.520. The van der Waals surface area contributed by atoms with Crippen LogP contribution in [0.3, 0.4) is 0 Å². The van der Waals surface area contributed by atoms with E-state index in [1.807, 2.05) is 0 Å². The van der Waals surface area contributed by atoms with Gasteiger partial charge in [-0.1, -0.05) is 6.07 Å². The van der Waals surface area contributed by atoms with Crippen molar-refractivity contribution < 1.29 is 8.42 Å². The molecule has 1 saturated heterocycles. The van der Waals surface area contributed by atoms with E-state index in [9.17, 15) is 8.42 Å². The Labute approximate surface area is 112 Å². The second kappa shape index (κ2) is 6.70. The summed E-state index contributed by atoms with van der Waals surface area (Å²) in [5.41, 5.74) is 0. The van der Waals surface area contributed by atoms with Crippen LogP contribution in [0.15, 0.2) is 21.7 Å². The molecule has 0 aromatic carbocycles. The first-order chi connectivity index (χ1) is 7.68. The number of sulfonamides is 1. The van der Waals surface area contributed by atoms with Gasteiger partial charge in [-0.05, 0) is 43.3 Å². The average molecular weight is 297 g/mol. The molecule has 7 heteroatoms. The van der Waals surface area contributed by atoms with E-state index in [1.54, 1.807) is 17.5 Å². The van der Waals surface area contributed by atoms with Gasteiger partial charge >= 0.3 is 0 Å². The Hall–Kier alpha value is -0.140. The molecule has 0 saturated carbocycles. The molecule has 2 heterocycles. The third kappa shape index (κ3) is 4.22. The largest absolute Gasteiger partial charge is 0.316 e. The molecule has 17 heavy (non-hydrogen) atoms. The zero-order valence-electron chi connectivity index (χ0n) is 9.39. The summed E-state index contributed by atoms with van der Waals surface area (Å²) >= 11 is 1.25. The van der Waals surface area contributed by atoms with Crippen molar-refractivity contribution in [3.63, 3.8) is 0 Å². The van der Waals surface area contributed by atoms with Crippen LogP contribution in [-0.4, -0.2) is 28.1 Å². The van der Waals surface area contributed by atoms with E-state index in [2.05, 4.69) is 10.0 Å². The lowest BCUT2D eigenvalue weighted by Crippen LogP contribution is -2.26. The Morgan fingerprint density at radius 1 is 1.53 bits per heavy atom. The van der Waals surface area contributed by atoms with Gasteiger partial charge in [0.2, 0.25) is 10.0 Å². The molecule has 1 aromatic heterocycles. The number of hydrogen-bond donors (Lipinski definition) is 2. The molecular formula is C10H17ClN2O2S2. The zero-order valence-corrected chi connectivity index (χ0v) is 11.8. The molecule has 4 nitrogen and oxygen atoms in total. The number of nitrogens with one attached hydrogen (secondary N) is 2. The van der Waals surface area contributed by atoms with Gasteiger partial charge in [-0.25, -0.2) is 13.1 Å². The van der Waals surface area contributed by atoms with Crippen LogP contribution in [0.1, 0.15) is 12.8 Å². The van der Waals surface area contributed by atoms with E-state index in [-0.39, 0.29) is 12.4 Å². The molecule has 0 radical (unpaired) electrons. The van der Waals surface area contributed by atoms with Crippen LogP contribution in [0.2, 0.25) is 0 Å². The second-order valence-corrected chi connectivity index (χ2v) is 6.92. The fourth-order valence-electron chi connectivity index (χ4n) is 1.85. The van der Waals surface area contributed by atoms with Gasteiger partial charge < -0.3 is 5.32 Å². The lowest BCUT2D eigenvalue weighted by atomic mass is 10.1. The molecule has 1 fully saturated rings. The molecule has 0 bridgehead atoms. The van der Waals surface area contributed by atoms with Gasteiger partial charge in [0.25, 0.3) is 0 Å². The lowest BCUT2D eigenvalue weighted by Gasteiger charge is -2.08. The normalized spacial score (nSPS) is 20.1. The summed E-state index contributed by atoms with van der Waals surface area (Å²) in [5, 5.41) is 5.05. The van der Waals surface area contributed by atoms with E-state index < -0.39 is 10.0 Å². The zero-order chi connectivity index (χ0) is 11.4. The average Bonchev–Trinajstić information content (AvgIpc) is 2.90. The second-order valence-electron chi connectivity index (χ2n) is 3.98. The van der Waals surface area contributed by atoms with Crippen molar-refractivity contribution in [2.75, 3.05) is 19.6 Å². The number of rotatable bonds is 5. The Balaban J connectivity index is 0.00000144. The van der Waals surface area contributed by atoms with E-state index in [4.69, 9.17) is 0 Å². The van der Waals surface area contributed by atoms with Crippen molar-refractivity contribution in [3.8, 4) is 0 Å². The Morgan fingerprint density at radius 3 is 2.94 bits per heavy atom. The number of halogens is 1. The highest BCUT2D eigenvalue weighted by Gasteiger charge is 2.17. The van der Waals surface area contributed by atoms with Crippen LogP contribution in [0.5, 0.6) is 0 Å². The summed E-state index contributed by atoms with van der Waals surface area (Å²) in [6.45, 7) is 2.61. The fraction of sp³-hybridized carbons (Fsp3) is 0.600. The van der Waals surface area contributed by atoms with Gasteiger partial charge in [0.05, 0.1) is 0 Å². The molecule has 0 aliphatic carbocycles. The predicted molar refractivity (Wildman–Crippen MR) is 72.3 cm³/mol. The first-order valence-electron chi connectivity index (χ1n) is 5.42. The van der Waals surface area contributed by atoms with Crippen LogP contribution in [0, 0.1) is 5.92 Å². The Morgan fingerprint density at radius 2 is 2.35 bits per heavy atom. The molecule has 2 N–H and O–H groups in total. The molecule has 1 aliphatic heterocycles. The molecule has 98 valence electrons. The summed E-state index contributed by atoms with van der Waals surface area (Å²) in [4.78, 5) is 0. The van der Waals surface area contributed by atoms with Gasteiger partial charge in [-0.2, -0.15) is 0 Å². The SMILES string of the molecule is Cl.O=S(=O)(NCCC1CCNC1)c1cccs1. The maximum absolute atomic E-state index is 11.8. The summed E-state index contributed by atoms with van der Waals surface area (Å²) in [6.07, 6.45) is 2.07. The fourth-order valence-corrected chi connectivity index (χ4v) is 3.93. The smallest absolute Gasteiger partial charge is 0.250 e. The minimum Gasteiger partial charge on any atom is -0.316 e. The van der Waals surface area contributed by atoms with Crippen molar-refractivity contribution in [1.82, 2.24) is 10.0 Å². The minimum atomic E-state index is -3.26. The molecule has 1 aliphatic rings. The Kier molecular flexibility index (Phi) is 5.88. The van der Waals surface area contributed by atoms with Gasteiger partial charge in [0, 0.05) is 6.54 Å². The van der Waals surface area contributed by atoms with Gasteiger partial charge in [-0.3, -0.25) is 0 Å². The van der Waals surface area contributed by atoms with Crippen LogP contribution in [0.25, 0.3) is 0 Å². The number of thiophene rings is 1. The first kappa shape index (κ1) is 14.9. The van der Waals surface area contributed by atoms with Gasteiger partial charge in [0.1, 0.15) is 4.21 Å². The van der Waals surface area contributed by atoms with E-state index in [0.717, 1.165) is 25.9 Å². The molecule has 1 unspecified atom stereocenters. The highest BCUT2D eigenvalue weighted by Crippen LogP contribution is 2.16.